The van der Waals surface area contributed by atoms with Crippen molar-refractivity contribution < 1.29 is 0 Å². The highest BCUT2D eigenvalue weighted by molar-refractivity contribution is 6.00. The molecular formula is C15H13N3. The van der Waals surface area contributed by atoms with Gasteiger partial charge in [0.2, 0.25) is 0 Å². The molecule has 0 saturated heterocycles. The Balaban J connectivity index is 2.33. The summed E-state index contributed by atoms with van der Waals surface area (Å²) in [6, 6.07) is 15.8. The highest BCUT2D eigenvalue weighted by atomic mass is 14.8. The van der Waals surface area contributed by atoms with Gasteiger partial charge >= 0.3 is 0 Å². The van der Waals surface area contributed by atoms with Crippen molar-refractivity contribution in [3.63, 3.8) is 0 Å². The van der Waals surface area contributed by atoms with Crippen LogP contribution < -0.4 is 11.5 Å². The van der Waals surface area contributed by atoms with Crippen LogP contribution in [-0.2, 0) is 0 Å². The number of nitrogens with zero attached hydrogens (tertiary/aromatic N) is 1. The van der Waals surface area contributed by atoms with Crippen LogP contribution in [0.15, 0.2) is 54.7 Å². The van der Waals surface area contributed by atoms with E-state index in [0.29, 0.717) is 5.82 Å². The first-order valence-corrected chi connectivity index (χ1v) is 5.75. The van der Waals surface area contributed by atoms with E-state index in [0.717, 1.165) is 27.6 Å². The molecule has 0 radical (unpaired) electrons. The van der Waals surface area contributed by atoms with E-state index in [9.17, 15) is 0 Å². The number of anilines is 2. The second-order valence-electron chi connectivity index (χ2n) is 4.23. The third-order valence-electron chi connectivity index (χ3n) is 3.03. The van der Waals surface area contributed by atoms with Crippen LogP contribution in [0.5, 0.6) is 0 Å². The Hall–Kier alpha value is -2.55. The molecule has 0 aliphatic rings. The Bertz CT molecular complexity index is 703. The van der Waals surface area contributed by atoms with Gasteiger partial charge in [-0.05, 0) is 23.1 Å². The first kappa shape index (κ1) is 10.6. The van der Waals surface area contributed by atoms with E-state index in [-0.39, 0.29) is 0 Å². The topological polar surface area (TPSA) is 64.9 Å². The molecule has 0 amide bonds. The Morgan fingerprint density at radius 3 is 2.33 bits per heavy atom. The molecule has 1 heterocycles. The van der Waals surface area contributed by atoms with Crippen molar-refractivity contribution in [1.29, 1.82) is 0 Å². The van der Waals surface area contributed by atoms with Crippen LogP contribution in [0.4, 0.5) is 11.5 Å². The monoisotopic (exact) mass is 235 g/mol. The van der Waals surface area contributed by atoms with Gasteiger partial charge in [0.25, 0.3) is 0 Å². The first-order valence-electron chi connectivity index (χ1n) is 5.75. The molecule has 3 rings (SSSR count). The summed E-state index contributed by atoms with van der Waals surface area (Å²) in [7, 11) is 0. The molecule has 0 aliphatic heterocycles. The highest BCUT2D eigenvalue weighted by Gasteiger charge is 2.08. The van der Waals surface area contributed by atoms with Gasteiger partial charge in [-0.2, -0.15) is 0 Å². The molecular weight excluding hydrogens is 222 g/mol. The lowest BCUT2D eigenvalue weighted by Crippen LogP contribution is -1.95. The van der Waals surface area contributed by atoms with Crippen molar-refractivity contribution in [3.05, 3.63) is 54.7 Å². The van der Waals surface area contributed by atoms with Gasteiger partial charge in [0.1, 0.15) is 5.82 Å². The maximum absolute atomic E-state index is 6.01. The number of fused-ring (bicyclic) bond motifs is 1. The van der Waals surface area contributed by atoms with Crippen molar-refractivity contribution in [2.45, 2.75) is 0 Å². The average Bonchev–Trinajstić information content (AvgIpc) is 2.40. The Labute approximate surface area is 105 Å². The number of pyridine rings is 1. The van der Waals surface area contributed by atoms with Crippen LogP contribution in [0.2, 0.25) is 0 Å². The van der Waals surface area contributed by atoms with E-state index in [1.807, 2.05) is 42.5 Å². The van der Waals surface area contributed by atoms with Crippen LogP contribution in [0, 0.1) is 0 Å². The summed E-state index contributed by atoms with van der Waals surface area (Å²) >= 11 is 0. The van der Waals surface area contributed by atoms with Crippen LogP contribution in [0.25, 0.3) is 21.9 Å². The summed E-state index contributed by atoms with van der Waals surface area (Å²) < 4.78 is 0. The van der Waals surface area contributed by atoms with Crippen molar-refractivity contribution in [2.24, 2.45) is 0 Å². The second-order valence-corrected chi connectivity index (χ2v) is 4.23. The number of nitrogens with two attached hydrogens (primary N) is 2. The number of benzene rings is 2. The lowest BCUT2D eigenvalue weighted by Gasteiger charge is -2.09. The number of nitrogen functional groups attached to an aromatic ring is 2. The molecule has 18 heavy (non-hydrogen) atoms. The maximum Gasteiger partial charge on any atom is 0.131 e. The number of aromatic nitrogens is 1. The SMILES string of the molecule is Nc1ccc(-c2c(N)ncc3ccccc23)cc1. The predicted octanol–water partition coefficient (Wildman–Crippen LogP) is 3.07. The zero-order chi connectivity index (χ0) is 12.5. The van der Waals surface area contributed by atoms with Crippen molar-refractivity contribution in [2.75, 3.05) is 11.5 Å². The molecule has 2 aromatic carbocycles. The van der Waals surface area contributed by atoms with E-state index in [1.165, 1.54) is 0 Å². The molecule has 3 heteroatoms. The first-order chi connectivity index (χ1) is 8.75. The predicted molar refractivity (Wildman–Crippen MR) is 76.0 cm³/mol. The smallest absolute Gasteiger partial charge is 0.131 e. The minimum atomic E-state index is 0.540. The minimum Gasteiger partial charge on any atom is -0.399 e. The van der Waals surface area contributed by atoms with E-state index in [1.54, 1.807) is 6.20 Å². The van der Waals surface area contributed by atoms with Crippen LogP contribution in [0.3, 0.4) is 0 Å². The number of hydrogen-bond acceptors (Lipinski definition) is 3. The fraction of sp³-hybridized carbons (Fsp3) is 0. The van der Waals surface area contributed by atoms with Gasteiger partial charge in [-0.25, -0.2) is 4.98 Å². The normalized spacial score (nSPS) is 10.7. The standard InChI is InChI=1S/C15H13N3/c16-12-7-5-10(6-8-12)14-13-4-2-1-3-11(13)9-18-15(14)17/h1-9H,16H2,(H2,17,18). The molecule has 0 saturated carbocycles. The summed E-state index contributed by atoms with van der Waals surface area (Å²) in [4.78, 5) is 4.25. The molecule has 88 valence electrons. The third-order valence-corrected chi connectivity index (χ3v) is 3.03. The lowest BCUT2D eigenvalue weighted by molar-refractivity contribution is 1.37. The zero-order valence-corrected chi connectivity index (χ0v) is 9.80. The van der Waals surface area contributed by atoms with Gasteiger partial charge in [0.15, 0.2) is 0 Å². The Kier molecular flexibility index (Phi) is 2.38. The maximum atomic E-state index is 6.01. The summed E-state index contributed by atoms with van der Waals surface area (Å²) in [6.45, 7) is 0. The average molecular weight is 235 g/mol. The van der Waals surface area contributed by atoms with Gasteiger partial charge in [0.05, 0.1) is 0 Å². The van der Waals surface area contributed by atoms with E-state index in [2.05, 4.69) is 11.1 Å². The van der Waals surface area contributed by atoms with Gasteiger partial charge in [0, 0.05) is 22.8 Å². The Morgan fingerprint density at radius 1 is 0.833 bits per heavy atom. The molecule has 3 nitrogen and oxygen atoms in total. The summed E-state index contributed by atoms with van der Waals surface area (Å²) in [6.07, 6.45) is 1.80. The fourth-order valence-electron chi connectivity index (χ4n) is 2.13. The van der Waals surface area contributed by atoms with Gasteiger partial charge in [-0.3, -0.25) is 0 Å². The fourth-order valence-corrected chi connectivity index (χ4v) is 2.13. The highest BCUT2D eigenvalue weighted by Crippen LogP contribution is 2.32. The van der Waals surface area contributed by atoms with Gasteiger partial charge < -0.3 is 11.5 Å². The molecule has 0 aliphatic carbocycles. The lowest BCUT2D eigenvalue weighted by atomic mass is 10.00. The molecule has 4 N–H and O–H groups in total. The van der Waals surface area contributed by atoms with Crippen LogP contribution >= 0.6 is 0 Å². The van der Waals surface area contributed by atoms with Crippen molar-refractivity contribution >= 4 is 22.3 Å². The summed E-state index contributed by atoms with van der Waals surface area (Å²) in [5, 5.41) is 2.19. The largest absolute Gasteiger partial charge is 0.399 e. The number of rotatable bonds is 1. The minimum absolute atomic E-state index is 0.540. The molecule has 0 spiro atoms. The van der Waals surface area contributed by atoms with E-state index in [4.69, 9.17) is 11.5 Å². The zero-order valence-electron chi connectivity index (χ0n) is 9.80. The van der Waals surface area contributed by atoms with Crippen molar-refractivity contribution in [3.8, 4) is 11.1 Å². The van der Waals surface area contributed by atoms with E-state index < -0.39 is 0 Å². The summed E-state index contributed by atoms with van der Waals surface area (Å²) in [5.74, 6) is 0.540. The molecule has 0 unspecified atom stereocenters. The van der Waals surface area contributed by atoms with Gasteiger partial charge in [-0.1, -0.05) is 36.4 Å². The van der Waals surface area contributed by atoms with Crippen molar-refractivity contribution in [1.82, 2.24) is 4.98 Å². The molecule has 1 aromatic heterocycles. The van der Waals surface area contributed by atoms with Crippen LogP contribution in [-0.4, -0.2) is 4.98 Å². The van der Waals surface area contributed by atoms with Gasteiger partial charge in [-0.15, -0.1) is 0 Å². The molecule has 0 atom stereocenters. The quantitative estimate of drug-likeness (QED) is 0.637. The molecule has 0 fully saturated rings. The molecule has 0 bridgehead atoms. The van der Waals surface area contributed by atoms with Crippen LogP contribution in [0.1, 0.15) is 0 Å². The number of hydrogen-bond donors (Lipinski definition) is 2. The molecule has 3 aromatic rings. The third kappa shape index (κ3) is 1.66. The summed E-state index contributed by atoms with van der Waals surface area (Å²) in [5.41, 5.74) is 14.5. The Morgan fingerprint density at radius 2 is 1.56 bits per heavy atom. The second kappa shape index (κ2) is 4.04. The van der Waals surface area contributed by atoms with E-state index >= 15 is 0 Å².